The van der Waals surface area contributed by atoms with E-state index in [1.807, 2.05) is 6.20 Å². The Morgan fingerprint density at radius 2 is 1.85 bits per heavy atom. The summed E-state index contributed by atoms with van der Waals surface area (Å²) in [5.74, 6) is 0.882. The highest BCUT2D eigenvalue weighted by Crippen LogP contribution is 2.40. The van der Waals surface area contributed by atoms with E-state index < -0.39 is 0 Å². The van der Waals surface area contributed by atoms with Crippen LogP contribution in [0, 0.1) is 0 Å². The topological polar surface area (TPSA) is 63.2 Å². The zero-order valence-corrected chi connectivity index (χ0v) is 18.6. The molecule has 0 atom stereocenters. The van der Waals surface area contributed by atoms with Crippen molar-refractivity contribution in [2.75, 3.05) is 24.7 Å². The predicted molar refractivity (Wildman–Crippen MR) is 131 cm³/mol. The van der Waals surface area contributed by atoms with Crippen molar-refractivity contribution >= 4 is 22.5 Å². The van der Waals surface area contributed by atoms with Crippen molar-refractivity contribution in [1.82, 2.24) is 20.3 Å². The molecule has 1 N–H and O–H groups in total. The molecule has 2 aliphatic heterocycles. The van der Waals surface area contributed by atoms with Crippen molar-refractivity contribution in [2.45, 2.75) is 31.8 Å². The number of pyridine rings is 1. The van der Waals surface area contributed by atoms with Crippen LogP contribution in [0.4, 0.5) is 11.5 Å². The summed E-state index contributed by atoms with van der Waals surface area (Å²) in [5.41, 5.74) is 8.01. The average Bonchev–Trinajstić information content (AvgIpc) is 3.32. The molecular formula is C27H27N5O. The van der Waals surface area contributed by atoms with Gasteiger partial charge in [-0.3, -0.25) is 4.98 Å². The molecule has 2 aromatic heterocycles. The first-order valence-corrected chi connectivity index (χ1v) is 11.7. The average molecular weight is 438 g/mol. The van der Waals surface area contributed by atoms with Crippen LogP contribution in [0.25, 0.3) is 22.2 Å². The monoisotopic (exact) mass is 437 g/mol. The molecule has 0 amide bonds. The highest BCUT2D eigenvalue weighted by Gasteiger charge is 2.26. The van der Waals surface area contributed by atoms with Crippen molar-refractivity contribution in [3.63, 3.8) is 0 Å². The van der Waals surface area contributed by atoms with Gasteiger partial charge in [-0.1, -0.05) is 42.5 Å². The number of hydrogen-bond acceptors (Lipinski definition) is 6. The van der Waals surface area contributed by atoms with E-state index in [0.29, 0.717) is 6.04 Å². The number of fused-ring (bicyclic) bond motifs is 2. The first-order chi connectivity index (χ1) is 16.4. The molecule has 0 bridgehead atoms. The normalized spacial score (nSPS) is 16.3. The summed E-state index contributed by atoms with van der Waals surface area (Å²) in [4.78, 5) is 16.3. The fourth-order valence-electron chi connectivity index (χ4n) is 4.97. The van der Waals surface area contributed by atoms with Crippen molar-refractivity contribution in [3.05, 3.63) is 78.2 Å². The van der Waals surface area contributed by atoms with Gasteiger partial charge in [-0.15, -0.1) is 0 Å². The number of hydrogen-bond donors (Lipinski definition) is 1. The molecule has 0 saturated carbocycles. The van der Waals surface area contributed by atoms with E-state index in [1.165, 1.54) is 22.4 Å². The Bertz CT molecular complexity index is 1270. The summed E-state index contributed by atoms with van der Waals surface area (Å²) in [6, 6.07) is 19.8. The lowest BCUT2D eigenvalue weighted by Gasteiger charge is -2.23. The van der Waals surface area contributed by atoms with Crippen LogP contribution in [-0.4, -0.2) is 40.8 Å². The Hall–Kier alpha value is -3.35. The van der Waals surface area contributed by atoms with Crippen molar-refractivity contribution in [2.24, 2.45) is 0 Å². The minimum absolute atomic E-state index is 0.510. The third kappa shape index (κ3) is 3.96. The molecule has 2 aromatic carbocycles. The van der Waals surface area contributed by atoms with Gasteiger partial charge in [0.05, 0.1) is 5.52 Å². The van der Waals surface area contributed by atoms with Gasteiger partial charge in [-0.05, 0) is 53.6 Å². The van der Waals surface area contributed by atoms with E-state index in [0.717, 1.165) is 68.0 Å². The van der Waals surface area contributed by atoms with E-state index in [-0.39, 0.29) is 0 Å². The van der Waals surface area contributed by atoms with Gasteiger partial charge in [0, 0.05) is 44.2 Å². The van der Waals surface area contributed by atoms with Crippen LogP contribution in [-0.2, 0) is 17.7 Å². The van der Waals surface area contributed by atoms with E-state index in [2.05, 4.69) is 74.8 Å². The van der Waals surface area contributed by atoms with E-state index in [4.69, 9.17) is 9.72 Å². The first kappa shape index (κ1) is 20.3. The second-order valence-electron chi connectivity index (χ2n) is 8.75. The van der Waals surface area contributed by atoms with Gasteiger partial charge in [-0.25, -0.2) is 9.97 Å². The summed E-state index contributed by atoms with van der Waals surface area (Å²) in [5, 5.41) is 3.63. The van der Waals surface area contributed by atoms with Crippen LogP contribution in [0.15, 0.2) is 67.1 Å². The Kier molecular flexibility index (Phi) is 5.46. The number of nitrogens with zero attached hydrogens (tertiary/aromatic N) is 4. The van der Waals surface area contributed by atoms with Crippen molar-refractivity contribution in [1.29, 1.82) is 0 Å². The number of ether oxygens (including phenoxy) is 1. The number of nitrogens with one attached hydrogen (secondary N) is 1. The summed E-state index contributed by atoms with van der Waals surface area (Å²) >= 11 is 0. The Morgan fingerprint density at radius 3 is 2.73 bits per heavy atom. The fourth-order valence-corrected chi connectivity index (χ4v) is 4.97. The molecule has 0 radical (unpaired) electrons. The molecule has 0 spiro atoms. The molecule has 166 valence electrons. The third-order valence-electron chi connectivity index (χ3n) is 6.70. The Morgan fingerprint density at radius 1 is 0.970 bits per heavy atom. The first-order valence-electron chi connectivity index (χ1n) is 11.7. The third-order valence-corrected chi connectivity index (χ3v) is 6.70. The van der Waals surface area contributed by atoms with Gasteiger partial charge in [0.1, 0.15) is 11.8 Å². The SMILES string of the molecule is c1ccc(-c2cccc3c2CCN3c2ncnc3cc(CNC4CCOCC4)cnc23)cc1. The molecule has 6 rings (SSSR count). The molecule has 0 aliphatic carbocycles. The van der Waals surface area contributed by atoms with Gasteiger partial charge in [0.25, 0.3) is 0 Å². The summed E-state index contributed by atoms with van der Waals surface area (Å²) in [6.45, 7) is 3.36. The largest absolute Gasteiger partial charge is 0.381 e. The van der Waals surface area contributed by atoms with Gasteiger partial charge >= 0.3 is 0 Å². The van der Waals surface area contributed by atoms with E-state index in [1.54, 1.807) is 6.33 Å². The molecule has 6 nitrogen and oxygen atoms in total. The zero-order chi connectivity index (χ0) is 22.0. The number of benzene rings is 2. The van der Waals surface area contributed by atoms with Crippen LogP contribution >= 0.6 is 0 Å². The number of rotatable bonds is 5. The summed E-state index contributed by atoms with van der Waals surface area (Å²) < 4.78 is 5.45. The molecule has 4 heterocycles. The van der Waals surface area contributed by atoms with Crippen LogP contribution < -0.4 is 10.2 Å². The maximum absolute atomic E-state index is 5.45. The lowest BCUT2D eigenvalue weighted by molar-refractivity contribution is 0.0776. The quantitative estimate of drug-likeness (QED) is 0.490. The molecule has 0 unspecified atom stereocenters. The predicted octanol–water partition coefficient (Wildman–Crippen LogP) is 4.65. The molecule has 1 fully saturated rings. The van der Waals surface area contributed by atoms with Crippen LogP contribution in [0.3, 0.4) is 0 Å². The minimum atomic E-state index is 0.510. The molecule has 1 saturated heterocycles. The Labute approximate surface area is 193 Å². The molecular weight excluding hydrogens is 410 g/mol. The molecule has 33 heavy (non-hydrogen) atoms. The van der Waals surface area contributed by atoms with E-state index >= 15 is 0 Å². The zero-order valence-electron chi connectivity index (χ0n) is 18.6. The van der Waals surface area contributed by atoms with Crippen LogP contribution in [0.2, 0.25) is 0 Å². The van der Waals surface area contributed by atoms with Gasteiger partial charge < -0.3 is 15.0 Å². The lowest BCUT2D eigenvalue weighted by atomic mass is 9.98. The number of anilines is 2. The Balaban J connectivity index is 1.30. The molecule has 6 heteroatoms. The summed E-state index contributed by atoms with van der Waals surface area (Å²) in [7, 11) is 0. The van der Waals surface area contributed by atoms with Gasteiger partial charge in [0.2, 0.25) is 0 Å². The second kappa shape index (κ2) is 8.89. The molecule has 2 aliphatic rings. The van der Waals surface area contributed by atoms with Crippen molar-refractivity contribution in [3.8, 4) is 11.1 Å². The molecule has 4 aromatic rings. The van der Waals surface area contributed by atoms with Gasteiger partial charge in [-0.2, -0.15) is 0 Å². The second-order valence-corrected chi connectivity index (χ2v) is 8.75. The van der Waals surface area contributed by atoms with Crippen molar-refractivity contribution < 1.29 is 4.74 Å². The summed E-state index contributed by atoms with van der Waals surface area (Å²) in [6.07, 6.45) is 6.73. The maximum atomic E-state index is 5.45. The standard InChI is InChI=1S/C27H27N5O/c1-2-5-20(6-3-1)22-7-4-8-25-23(22)9-12-32(25)27-26-24(30-18-31-27)15-19(17-29-26)16-28-21-10-13-33-14-11-21/h1-8,15,17-18,21,28H,9-14,16H2. The highest BCUT2D eigenvalue weighted by molar-refractivity contribution is 5.90. The smallest absolute Gasteiger partial charge is 0.163 e. The van der Waals surface area contributed by atoms with Crippen LogP contribution in [0.1, 0.15) is 24.0 Å². The lowest BCUT2D eigenvalue weighted by Crippen LogP contribution is -2.34. The van der Waals surface area contributed by atoms with E-state index in [9.17, 15) is 0 Å². The maximum Gasteiger partial charge on any atom is 0.163 e. The minimum Gasteiger partial charge on any atom is -0.381 e. The highest BCUT2D eigenvalue weighted by atomic mass is 16.5. The van der Waals surface area contributed by atoms with Crippen LogP contribution in [0.5, 0.6) is 0 Å². The van der Waals surface area contributed by atoms with Gasteiger partial charge in [0.15, 0.2) is 5.82 Å². The number of aromatic nitrogens is 3. The fraction of sp³-hybridized carbons (Fsp3) is 0.296.